The number of nitrogens with two attached hydrogens (primary N) is 1. The molecule has 114 valence electrons. The van der Waals surface area contributed by atoms with Gasteiger partial charge in [0.25, 0.3) is 0 Å². The number of anilines is 1. The number of aryl methyl sites for hydroxylation is 1. The third-order valence-electron chi connectivity index (χ3n) is 3.36. The molecule has 2 aromatic rings. The Morgan fingerprint density at radius 3 is 2.43 bits per heavy atom. The standard InChI is InChI=1S/C16H23ClN4/c1-16(2,3)15-13(10-21(4)20-15)14(9-18)19-12-7-5-11(17)6-8-12/h5-8,10,14,19H,9,18H2,1-4H3. The van der Waals surface area contributed by atoms with Crippen LogP contribution in [0.5, 0.6) is 0 Å². The van der Waals surface area contributed by atoms with E-state index in [1.54, 1.807) is 0 Å². The summed E-state index contributed by atoms with van der Waals surface area (Å²) in [6.45, 7) is 6.98. The minimum Gasteiger partial charge on any atom is -0.377 e. The lowest BCUT2D eigenvalue weighted by Gasteiger charge is -2.23. The maximum Gasteiger partial charge on any atom is 0.0731 e. The van der Waals surface area contributed by atoms with Gasteiger partial charge in [0.05, 0.1) is 11.7 Å². The molecule has 1 heterocycles. The van der Waals surface area contributed by atoms with Gasteiger partial charge in [-0.2, -0.15) is 5.10 Å². The summed E-state index contributed by atoms with van der Waals surface area (Å²) in [7, 11) is 1.94. The van der Waals surface area contributed by atoms with E-state index < -0.39 is 0 Å². The van der Waals surface area contributed by atoms with Crippen molar-refractivity contribution in [1.29, 1.82) is 0 Å². The van der Waals surface area contributed by atoms with Crippen molar-refractivity contribution in [3.05, 3.63) is 46.7 Å². The van der Waals surface area contributed by atoms with Gasteiger partial charge in [-0.25, -0.2) is 0 Å². The van der Waals surface area contributed by atoms with E-state index in [1.807, 2.05) is 42.2 Å². The molecule has 1 aromatic carbocycles. The van der Waals surface area contributed by atoms with E-state index in [0.29, 0.717) is 6.54 Å². The van der Waals surface area contributed by atoms with Gasteiger partial charge < -0.3 is 11.1 Å². The highest BCUT2D eigenvalue weighted by Gasteiger charge is 2.26. The SMILES string of the molecule is Cn1cc(C(CN)Nc2ccc(Cl)cc2)c(C(C)(C)C)n1. The normalized spacial score (nSPS) is 13.2. The molecule has 1 aromatic heterocycles. The maximum absolute atomic E-state index is 5.98. The molecule has 0 saturated heterocycles. The minimum absolute atomic E-state index is 0.0221. The smallest absolute Gasteiger partial charge is 0.0731 e. The number of nitrogens with zero attached hydrogens (tertiary/aromatic N) is 2. The van der Waals surface area contributed by atoms with Crippen molar-refractivity contribution >= 4 is 17.3 Å². The van der Waals surface area contributed by atoms with Crippen LogP contribution in [0.15, 0.2) is 30.5 Å². The van der Waals surface area contributed by atoms with Crippen molar-refractivity contribution in [3.63, 3.8) is 0 Å². The molecular weight excluding hydrogens is 284 g/mol. The van der Waals surface area contributed by atoms with Gasteiger partial charge in [0.15, 0.2) is 0 Å². The van der Waals surface area contributed by atoms with Crippen LogP contribution in [0.25, 0.3) is 0 Å². The molecule has 0 aliphatic rings. The van der Waals surface area contributed by atoms with E-state index in [4.69, 9.17) is 17.3 Å². The molecule has 21 heavy (non-hydrogen) atoms. The first-order chi connectivity index (χ1) is 9.81. The Bertz CT molecular complexity index is 596. The van der Waals surface area contributed by atoms with Crippen LogP contribution in [-0.4, -0.2) is 16.3 Å². The first kappa shape index (κ1) is 15.9. The summed E-state index contributed by atoms with van der Waals surface area (Å²) in [6, 6.07) is 7.67. The number of benzene rings is 1. The predicted molar refractivity (Wildman–Crippen MR) is 88.8 cm³/mol. The largest absolute Gasteiger partial charge is 0.377 e. The van der Waals surface area contributed by atoms with Gasteiger partial charge in [-0.1, -0.05) is 32.4 Å². The molecule has 0 spiro atoms. The second-order valence-corrected chi connectivity index (χ2v) is 6.73. The number of aromatic nitrogens is 2. The maximum atomic E-state index is 5.98. The number of halogens is 1. The summed E-state index contributed by atoms with van der Waals surface area (Å²) in [5.41, 5.74) is 9.17. The highest BCUT2D eigenvalue weighted by molar-refractivity contribution is 6.30. The van der Waals surface area contributed by atoms with Gasteiger partial charge in [0.1, 0.15) is 0 Å². The quantitative estimate of drug-likeness (QED) is 0.909. The highest BCUT2D eigenvalue weighted by Crippen LogP contribution is 2.30. The van der Waals surface area contributed by atoms with Gasteiger partial charge in [0, 0.05) is 41.5 Å². The van der Waals surface area contributed by atoms with Crippen molar-refractivity contribution in [3.8, 4) is 0 Å². The summed E-state index contributed by atoms with van der Waals surface area (Å²) in [5, 5.41) is 8.79. The average Bonchev–Trinajstić information content (AvgIpc) is 2.80. The molecule has 0 bridgehead atoms. The van der Waals surface area contributed by atoms with Crippen LogP contribution in [-0.2, 0) is 12.5 Å². The van der Waals surface area contributed by atoms with Crippen LogP contribution in [0.3, 0.4) is 0 Å². The lowest BCUT2D eigenvalue weighted by Crippen LogP contribution is -2.24. The Morgan fingerprint density at radius 1 is 1.29 bits per heavy atom. The molecule has 0 radical (unpaired) electrons. The molecule has 0 amide bonds. The fourth-order valence-corrected chi connectivity index (χ4v) is 2.48. The third-order valence-corrected chi connectivity index (χ3v) is 3.62. The number of hydrogen-bond acceptors (Lipinski definition) is 3. The van der Waals surface area contributed by atoms with Gasteiger partial charge in [-0.05, 0) is 24.3 Å². The Labute approximate surface area is 131 Å². The molecule has 0 saturated carbocycles. The zero-order valence-corrected chi connectivity index (χ0v) is 13.8. The van der Waals surface area contributed by atoms with Crippen molar-refractivity contribution in [2.75, 3.05) is 11.9 Å². The number of hydrogen-bond donors (Lipinski definition) is 2. The molecule has 0 aliphatic carbocycles. The number of rotatable bonds is 4. The van der Waals surface area contributed by atoms with E-state index in [1.165, 1.54) is 0 Å². The highest BCUT2D eigenvalue weighted by atomic mass is 35.5. The van der Waals surface area contributed by atoms with Gasteiger partial charge >= 0.3 is 0 Å². The van der Waals surface area contributed by atoms with Gasteiger partial charge in [-0.15, -0.1) is 0 Å². The Morgan fingerprint density at radius 2 is 1.90 bits per heavy atom. The van der Waals surface area contributed by atoms with Crippen LogP contribution in [0.4, 0.5) is 5.69 Å². The third kappa shape index (κ3) is 3.77. The molecule has 4 nitrogen and oxygen atoms in total. The molecular formula is C16H23ClN4. The van der Waals surface area contributed by atoms with Crippen molar-refractivity contribution in [2.24, 2.45) is 12.8 Å². The lowest BCUT2D eigenvalue weighted by molar-refractivity contribution is 0.544. The van der Waals surface area contributed by atoms with Crippen molar-refractivity contribution < 1.29 is 0 Å². The summed E-state index contributed by atoms with van der Waals surface area (Å²) >= 11 is 5.92. The van der Waals surface area contributed by atoms with E-state index in [2.05, 4.69) is 31.2 Å². The van der Waals surface area contributed by atoms with Crippen molar-refractivity contribution in [2.45, 2.75) is 32.2 Å². The van der Waals surface area contributed by atoms with Crippen LogP contribution in [0, 0.1) is 0 Å². The monoisotopic (exact) mass is 306 g/mol. The Kier molecular flexibility index (Phi) is 4.59. The molecule has 0 fully saturated rings. The van der Waals surface area contributed by atoms with Gasteiger partial charge in [0.2, 0.25) is 0 Å². The van der Waals surface area contributed by atoms with Crippen LogP contribution in [0.2, 0.25) is 5.02 Å². The molecule has 1 atom stereocenters. The summed E-state index contributed by atoms with van der Waals surface area (Å²) in [4.78, 5) is 0. The van der Waals surface area contributed by atoms with Crippen molar-refractivity contribution in [1.82, 2.24) is 9.78 Å². The topological polar surface area (TPSA) is 55.9 Å². The van der Waals surface area contributed by atoms with Crippen LogP contribution in [0.1, 0.15) is 38.1 Å². The zero-order chi connectivity index (χ0) is 15.6. The number of nitrogens with one attached hydrogen (secondary N) is 1. The summed E-state index contributed by atoms with van der Waals surface area (Å²) < 4.78 is 1.85. The summed E-state index contributed by atoms with van der Waals surface area (Å²) in [5.74, 6) is 0. The lowest BCUT2D eigenvalue weighted by atomic mass is 9.87. The second-order valence-electron chi connectivity index (χ2n) is 6.30. The first-order valence-corrected chi connectivity index (χ1v) is 7.45. The Balaban J connectivity index is 2.31. The molecule has 3 N–H and O–H groups in total. The second kappa shape index (κ2) is 6.08. The fraction of sp³-hybridized carbons (Fsp3) is 0.438. The molecule has 2 rings (SSSR count). The zero-order valence-electron chi connectivity index (χ0n) is 13.0. The van der Waals surface area contributed by atoms with E-state index >= 15 is 0 Å². The van der Waals surface area contributed by atoms with E-state index in [-0.39, 0.29) is 11.5 Å². The first-order valence-electron chi connectivity index (χ1n) is 7.07. The average molecular weight is 307 g/mol. The summed E-state index contributed by atoms with van der Waals surface area (Å²) in [6.07, 6.45) is 2.04. The van der Waals surface area contributed by atoms with Gasteiger partial charge in [-0.3, -0.25) is 4.68 Å². The van der Waals surface area contributed by atoms with Crippen LogP contribution < -0.4 is 11.1 Å². The Hall–Kier alpha value is -1.52. The predicted octanol–water partition coefficient (Wildman–Crippen LogP) is 3.48. The minimum atomic E-state index is -0.0221. The molecule has 0 aliphatic heterocycles. The van der Waals surface area contributed by atoms with E-state index in [0.717, 1.165) is 22.0 Å². The fourth-order valence-electron chi connectivity index (χ4n) is 2.36. The van der Waals surface area contributed by atoms with E-state index in [9.17, 15) is 0 Å². The van der Waals surface area contributed by atoms with Crippen LogP contribution >= 0.6 is 11.6 Å². The molecule has 1 unspecified atom stereocenters. The molecule has 5 heteroatoms.